The molecule has 2 aliphatic heterocycles. The van der Waals surface area contributed by atoms with Crippen LogP contribution in [0.2, 0.25) is 0 Å². The molecule has 0 spiro atoms. The van der Waals surface area contributed by atoms with Crippen molar-refractivity contribution in [2.75, 3.05) is 26.0 Å². The van der Waals surface area contributed by atoms with E-state index < -0.39 is 17.7 Å². The largest absolute Gasteiger partial charge is 0.381 e. The first-order chi connectivity index (χ1) is 14.5. The number of hydrogen-bond acceptors (Lipinski definition) is 6. The summed E-state index contributed by atoms with van der Waals surface area (Å²) in [5.74, 6) is -0.727. The molecule has 2 atom stereocenters. The molecule has 0 bridgehead atoms. The van der Waals surface area contributed by atoms with Crippen molar-refractivity contribution in [3.05, 3.63) is 0 Å². The summed E-state index contributed by atoms with van der Waals surface area (Å²) in [5.41, 5.74) is 2.43. The van der Waals surface area contributed by atoms with Gasteiger partial charge in [-0.15, -0.1) is 5.10 Å². The topological polar surface area (TPSA) is 100 Å². The van der Waals surface area contributed by atoms with E-state index in [1.54, 1.807) is 11.8 Å². The van der Waals surface area contributed by atoms with Gasteiger partial charge in [-0.05, 0) is 38.0 Å². The molecule has 8 nitrogen and oxygen atoms in total. The molecular formula is C21H34N4O4S. The first-order valence-electron chi connectivity index (χ1n) is 11.2. The molecule has 0 aromatic heterocycles. The minimum atomic E-state index is -0.819. The SMILES string of the molecule is CC[C@@H]1CSC(=NNC(=O)C(=O)C(NC(=O)C2CCCCC2)C2CCOCC2)N1C. The number of thioether (sulfide) groups is 1. The summed E-state index contributed by atoms with van der Waals surface area (Å²) >= 11 is 1.57. The van der Waals surface area contributed by atoms with Crippen LogP contribution in [0.15, 0.2) is 5.10 Å². The number of amidine groups is 1. The van der Waals surface area contributed by atoms with E-state index in [0.29, 0.717) is 37.3 Å². The van der Waals surface area contributed by atoms with E-state index in [4.69, 9.17) is 4.74 Å². The quantitative estimate of drug-likeness (QED) is 0.465. The number of rotatable bonds is 7. The maximum atomic E-state index is 13.0. The van der Waals surface area contributed by atoms with Gasteiger partial charge in [0.2, 0.25) is 11.7 Å². The van der Waals surface area contributed by atoms with Gasteiger partial charge in [-0.1, -0.05) is 37.9 Å². The Morgan fingerprint density at radius 3 is 2.50 bits per heavy atom. The lowest BCUT2D eigenvalue weighted by molar-refractivity contribution is -0.142. The Morgan fingerprint density at radius 1 is 1.17 bits per heavy atom. The van der Waals surface area contributed by atoms with E-state index in [2.05, 4.69) is 22.8 Å². The standard InChI is InChI=1S/C21H34N4O4S/c1-3-16-13-30-21(25(16)2)24-23-20(28)18(26)17(14-9-11-29-12-10-14)22-19(27)15-7-5-4-6-8-15/h14-17H,3-13H2,1-2H3,(H,22,27)(H,23,28)/t16-,17?/m1/s1. The summed E-state index contributed by atoms with van der Waals surface area (Å²) in [6.45, 7) is 3.19. The van der Waals surface area contributed by atoms with E-state index in [-0.39, 0.29) is 17.7 Å². The highest BCUT2D eigenvalue weighted by Gasteiger charge is 2.36. The number of nitrogens with one attached hydrogen (secondary N) is 2. The van der Waals surface area contributed by atoms with Crippen LogP contribution in [0, 0.1) is 11.8 Å². The molecule has 168 valence electrons. The molecule has 2 heterocycles. The highest BCUT2D eigenvalue weighted by atomic mass is 32.2. The summed E-state index contributed by atoms with van der Waals surface area (Å²) < 4.78 is 5.40. The smallest absolute Gasteiger partial charge is 0.309 e. The summed E-state index contributed by atoms with van der Waals surface area (Å²) in [7, 11) is 1.94. The fourth-order valence-electron chi connectivity index (χ4n) is 4.42. The van der Waals surface area contributed by atoms with E-state index in [0.717, 1.165) is 44.3 Å². The van der Waals surface area contributed by atoms with Crippen LogP contribution in [0.3, 0.4) is 0 Å². The average molecular weight is 439 g/mol. The Kier molecular flexibility index (Phi) is 8.56. The van der Waals surface area contributed by atoms with Crippen LogP contribution in [0.1, 0.15) is 58.3 Å². The van der Waals surface area contributed by atoms with Gasteiger partial charge in [0.15, 0.2) is 5.17 Å². The number of carbonyl (C=O) groups is 3. The first-order valence-corrected chi connectivity index (χ1v) is 12.2. The maximum absolute atomic E-state index is 13.0. The minimum Gasteiger partial charge on any atom is -0.381 e. The minimum absolute atomic E-state index is 0.0632. The Labute approximate surface area is 182 Å². The van der Waals surface area contributed by atoms with Crippen molar-refractivity contribution in [2.24, 2.45) is 16.9 Å². The Bertz CT molecular complexity index is 659. The molecule has 2 N–H and O–H groups in total. The Morgan fingerprint density at radius 2 is 1.87 bits per heavy atom. The van der Waals surface area contributed by atoms with Crippen LogP contribution in [0.4, 0.5) is 0 Å². The molecule has 3 aliphatic rings. The number of hydrogen-bond donors (Lipinski definition) is 2. The van der Waals surface area contributed by atoms with Crippen molar-refractivity contribution in [3.8, 4) is 0 Å². The first kappa shape index (κ1) is 23.1. The van der Waals surface area contributed by atoms with Gasteiger partial charge < -0.3 is 15.0 Å². The van der Waals surface area contributed by atoms with Crippen molar-refractivity contribution >= 4 is 34.5 Å². The number of carbonyl (C=O) groups excluding carboxylic acids is 3. The van der Waals surface area contributed by atoms with Crippen LogP contribution in [-0.4, -0.2) is 65.8 Å². The molecule has 1 aliphatic carbocycles. The van der Waals surface area contributed by atoms with Crippen LogP contribution >= 0.6 is 11.8 Å². The van der Waals surface area contributed by atoms with Crippen LogP contribution in [0.5, 0.6) is 0 Å². The molecular weight excluding hydrogens is 404 g/mol. The van der Waals surface area contributed by atoms with Crippen LogP contribution in [0.25, 0.3) is 0 Å². The summed E-state index contributed by atoms with van der Waals surface area (Å²) in [5, 5.41) is 7.79. The lowest BCUT2D eigenvalue weighted by atomic mass is 9.85. The Balaban J connectivity index is 1.64. The second kappa shape index (κ2) is 11.1. The van der Waals surface area contributed by atoms with Gasteiger partial charge in [-0.25, -0.2) is 5.43 Å². The number of ether oxygens (including phenoxy) is 1. The third-order valence-electron chi connectivity index (χ3n) is 6.50. The van der Waals surface area contributed by atoms with Crippen LogP contribution in [-0.2, 0) is 19.1 Å². The van der Waals surface area contributed by atoms with Gasteiger partial charge >= 0.3 is 5.91 Å². The van der Waals surface area contributed by atoms with Crippen molar-refractivity contribution < 1.29 is 19.1 Å². The number of nitrogens with zero attached hydrogens (tertiary/aromatic N) is 2. The summed E-state index contributed by atoms with van der Waals surface area (Å²) in [6.07, 6.45) is 7.23. The zero-order valence-electron chi connectivity index (χ0n) is 18.0. The third-order valence-corrected chi connectivity index (χ3v) is 7.68. The lowest BCUT2D eigenvalue weighted by Crippen LogP contribution is -2.53. The predicted molar refractivity (Wildman–Crippen MR) is 117 cm³/mol. The van der Waals surface area contributed by atoms with E-state index >= 15 is 0 Å². The molecule has 3 rings (SSSR count). The Hall–Kier alpha value is -1.61. The second-order valence-corrected chi connectivity index (χ2v) is 9.44. The number of ketones is 1. The fourth-order valence-corrected chi connectivity index (χ4v) is 5.68. The average Bonchev–Trinajstić information content (AvgIpc) is 3.15. The summed E-state index contributed by atoms with van der Waals surface area (Å²) in [4.78, 5) is 40.4. The summed E-state index contributed by atoms with van der Waals surface area (Å²) in [6, 6.07) is -0.438. The van der Waals surface area contributed by atoms with E-state index in [9.17, 15) is 14.4 Å². The number of amides is 2. The monoisotopic (exact) mass is 438 g/mol. The lowest BCUT2D eigenvalue weighted by Gasteiger charge is -2.31. The van der Waals surface area contributed by atoms with Gasteiger partial charge in [0.05, 0.1) is 0 Å². The highest BCUT2D eigenvalue weighted by molar-refractivity contribution is 8.14. The second-order valence-electron chi connectivity index (χ2n) is 8.45. The normalized spacial score (nSPS) is 25.9. The van der Waals surface area contributed by atoms with E-state index in [1.165, 1.54) is 0 Å². The molecule has 30 heavy (non-hydrogen) atoms. The zero-order chi connectivity index (χ0) is 21.5. The van der Waals surface area contributed by atoms with Crippen LogP contribution < -0.4 is 10.7 Å². The number of Topliss-reactive ketones (excluding diaryl/α,β-unsaturated/α-hetero) is 1. The molecule has 1 unspecified atom stereocenters. The molecule has 0 aromatic carbocycles. The fraction of sp³-hybridized carbons (Fsp3) is 0.810. The van der Waals surface area contributed by atoms with Crippen molar-refractivity contribution in [1.29, 1.82) is 0 Å². The zero-order valence-corrected chi connectivity index (χ0v) is 18.8. The van der Waals surface area contributed by atoms with Gasteiger partial charge in [0.25, 0.3) is 0 Å². The molecule has 2 saturated heterocycles. The molecule has 3 fully saturated rings. The third kappa shape index (κ3) is 5.75. The maximum Gasteiger partial charge on any atom is 0.309 e. The van der Waals surface area contributed by atoms with Gasteiger partial charge in [-0.3, -0.25) is 14.4 Å². The van der Waals surface area contributed by atoms with Crippen molar-refractivity contribution in [3.63, 3.8) is 0 Å². The molecule has 2 amide bonds. The predicted octanol–water partition coefficient (Wildman–Crippen LogP) is 1.89. The van der Waals surface area contributed by atoms with E-state index in [1.807, 2.05) is 11.9 Å². The van der Waals surface area contributed by atoms with Crippen molar-refractivity contribution in [1.82, 2.24) is 15.6 Å². The van der Waals surface area contributed by atoms with Gasteiger partial charge in [0.1, 0.15) is 6.04 Å². The molecule has 0 radical (unpaired) electrons. The van der Waals surface area contributed by atoms with Crippen molar-refractivity contribution in [2.45, 2.75) is 70.4 Å². The molecule has 0 aromatic rings. The molecule has 1 saturated carbocycles. The number of hydrazone groups is 1. The van der Waals surface area contributed by atoms with Gasteiger partial charge in [-0.2, -0.15) is 0 Å². The highest BCUT2D eigenvalue weighted by Crippen LogP contribution is 2.26. The molecule has 9 heteroatoms. The van der Waals surface area contributed by atoms with Gasteiger partial charge in [0, 0.05) is 38.0 Å².